The van der Waals surface area contributed by atoms with Gasteiger partial charge < -0.3 is 5.32 Å². The normalized spacial score (nSPS) is 10.7. The van der Waals surface area contributed by atoms with Crippen LogP contribution in [-0.2, 0) is 0 Å². The maximum Gasteiger partial charge on any atom is 0.271 e. The Morgan fingerprint density at radius 1 is 0.966 bits per heavy atom. The van der Waals surface area contributed by atoms with Crippen LogP contribution in [0.3, 0.4) is 0 Å². The number of rotatable bonds is 4. The van der Waals surface area contributed by atoms with Gasteiger partial charge in [0.05, 0.1) is 26.7 Å². The van der Waals surface area contributed by atoms with E-state index in [9.17, 15) is 14.9 Å². The molecule has 0 bridgehead atoms. The first-order valence-corrected chi connectivity index (χ1v) is 9.11. The minimum absolute atomic E-state index is 0.101. The van der Waals surface area contributed by atoms with Crippen LogP contribution in [0, 0.1) is 10.1 Å². The molecule has 0 aliphatic carbocycles. The third-order valence-electron chi connectivity index (χ3n) is 4.42. The van der Waals surface area contributed by atoms with Gasteiger partial charge in [0, 0.05) is 28.8 Å². The molecule has 1 aromatic heterocycles. The monoisotopic (exact) mass is 403 g/mol. The highest BCUT2D eigenvalue weighted by atomic mass is 35.5. The van der Waals surface area contributed by atoms with Crippen molar-refractivity contribution in [2.75, 3.05) is 5.32 Å². The summed E-state index contributed by atoms with van der Waals surface area (Å²) >= 11 is 6.34. The summed E-state index contributed by atoms with van der Waals surface area (Å²) in [4.78, 5) is 28.2. The van der Waals surface area contributed by atoms with E-state index >= 15 is 0 Å². The summed E-state index contributed by atoms with van der Waals surface area (Å²) in [6, 6.07) is 22.2. The largest absolute Gasteiger partial charge is 0.322 e. The van der Waals surface area contributed by atoms with Crippen molar-refractivity contribution < 1.29 is 9.72 Å². The minimum atomic E-state index is -0.509. The van der Waals surface area contributed by atoms with Gasteiger partial charge in [-0.2, -0.15) is 0 Å². The number of non-ortho nitro benzene ring substituents is 1. The first kappa shape index (κ1) is 18.6. The van der Waals surface area contributed by atoms with E-state index in [1.807, 2.05) is 30.3 Å². The number of nitrogens with one attached hydrogen (secondary N) is 1. The highest BCUT2D eigenvalue weighted by Gasteiger charge is 2.16. The van der Waals surface area contributed by atoms with Gasteiger partial charge in [0.2, 0.25) is 0 Å². The van der Waals surface area contributed by atoms with Gasteiger partial charge in [-0.15, -0.1) is 0 Å². The van der Waals surface area contributed by atoms with Crippen molar-refractivity contribution in [3.63, 3.8) is 0 Å². The first-order valence-electron chi connectivity index (χ1n) is 8.73. The summed E-state index contributed by atoms with van der Waals surface area (Å²) in [7, 11) is 0. The molecule has 7 heteroatoms. The van der Waals surface area contributed by atoms with Crippen molar-refractivity contribution in [3.05, 3.63) is 99.6 Å². The van der Waals surface area contributed by atoms with Crippen molar-refractivity contribution in [2.45, 2.75) is 0 Å². The number of hydrogen-bond acceptors (Lipinski definition) is 4. The third-order valence-corrected chi connectivity index (χ3v) is 4.72. The van der Waals surface area contributed by atoms with Gasteiger partial charge in [0.15, 0.2) is 0 Å². The molecule has 0 saturated heterocycles. The Morgan fingerprint density at radius 3 is 2.48 bits per heavy atom. The number of pyridine rings is 1. The highest BCUT2D eigenvalue weighted by Crippen LogP contribution is 2.30. The van der Waals surface area contributed by atoms with E-state index in [0.29, 0.717) is 32.9 Å². The molecule has 0 saturated carbocycles. The molecule has 0 fully saturated rings. The van der Waals surface area contributed by atoms with Crippen LogP contribution >= 0.6 is 11.6 Å². The van der Waals surface area contributed by atoms with Crippen LogP contribution in [-0.4, -0.2) is 15.8 Å². The number of halogens is 1. The Kier molecular flexibility index (Phi) is 4.93. The summed E-state index contributed by atoms with van der Waals surface area (Å²) in [5.74, 6) is -0.405. The summed E-state index contributed by atoms with van der Waals surface area (Å²) in [5, 5.41) is 14.8. The molecule has 29 heavy (non-hydrogen) atoms. The zero-order valence-electron chi connectivity index (χ0n) is 15.0. The average Bonchev–Trinajstić information content (AvgIpc) is 2.74. The standard InChI is InChI=1S/C22H14ClN3O3/c23-19-11-5-10-17-18(13-20(25-21(17)19)14-6-2-1-3-7-14)22(27)24-15-8-4-9-16(12-15)26(28)29/h1-13H,(H,24,27). The number of nitrogens with zero attached hydrogens (tertiary/aromatic N) is 2. The molecule has 0 unspecified atom stereocenters. The van der Waals surface area contributed by atoms with Gasteiger partial charge in [0.1, 0.15) is 0 Å². The van der Waals surface area contributed by atoms with E-state index in [-0.39, 0.29) is 5.69 Å². The maximum atomic E-state index is 13.1. The Balaban J connectivity index is 1.82. The van der Waals surface area contributed by atoms with E-state index < -0.39 is 10.8 Å². The van der Waals surface area contributed by atoms with Gasteiger partial charge in [-0.3, -0.25) is 14.9 Å². The smallest absolute Gasteiger partial charge is 0.271 e. The van der Waals surface area contributed by atoms with Gasteiger partial charge in [0.25, 0.3) is 11.6 Å². The molecule has 4 aromatic rings. The van der Waals surface area contributed by atoms with Crippen molar-refractivity contribution in [1.29, 1.82) is 0 Å². The lowest BCUT2D eigenvalue weighted by molar-refractivity contribution is -0.384. The summed E-state index contributed by atoms with van der Waals surface area (Å²) in [6.45, 7) is 0. The van der Waals surface area contributed by atoms with Crippen molar-refractivity contribution in [1.82, 2.24) is 4.98 Å². The molecule has 1 heterocycles. The van der Waals surface area contributed by atoms with Crippen molar-refractivity contribution >= 4 is 39.8 Å². The fraction of sp³-hybridized carbons (Fsp3) is 0. The number of aromatic nitrogens is 1. The number of fused-ring (bicyclic) bond motifs is 1. The number of nitro benzene ring substituents is 1. The molecule has 6 nitrogen and oxygen atoms in total. The zero-order valence-corrected chi connectivity index (χ0v) is 15.8. The lowest BCUT2D eigenvalue weighted by Gasteiger charge is -2.11. The average molecular weight is 404 g/mol. The molecule has 0 aliphatic rings. The number of amides is 1. The van der Waals surface area contributed by atoms with E-state index in [4.69, 9.17) is 11.6 Å². The minimum Gasteiger partial charge on any atom is -0.322 e. The molecule has 0 atom stereocenters. The van der Waals surface area contributed by atoms with E-state index in [0.717, 1.165) is 5.56 Å². The summed E-state index contributed by atoms with van der Waals surface area (Å²) < 4.78 is 0. The second kappa shape index (κ2) is 7.69. The molecule has 1 amide bonds. The van der Waals surface area contributed by atoms with Crippen molar-refractivity contribution in [3.8, 4) is 11.3 Å². The SMILES string of the molecule is O=C(Nc1cccc([N+](=O)[O-])c1)c1cc(-c2ccccc2)nc2c(Cl)cccc12. The molecule has 1 N–H and O–H groups in total. The van der Waals surface area contributed by atoms with E-state index in [2.05, 4.69) is 10.3 Å². The van der Waals surface area contributed by atoms with Crippen LogP contribution in [0.15, 0.2) is 78.9 Å². The second-order valence-electron chi connectivity index (χ2n) is 6.32. The van der Waals surface area contributed by atoms with Crippen LogP contribution < -0.4 is 5.32 Å². The van der Waals surface area contributed by atoms with Crippen molar-refractivity contribution in [2.24, 2.45) is 0 Å². The van der Waals surface area contributed by atoms with Gasteiger partial charge in [-0.25, -0.2) is 4.98 Å². The predicted octanol–water partition coefficient (Wildman–Crippen LogP) is 5.72. The molecule has 0 aliphatic heterocycles. The number of carbonyl (C=O) groups is 1. The van der Waals surface area contributed by atoms with E-state index in [1.165, 1.54) is 18.2 Å². The predicted molar refractivity (Wildman–Crippen MR) is 113 cm³/mol. The molecular weight excluding hydrogens is 390 g/mol. The second-order valence-corrected chi connectivity index (χ2v) is 6.73. The topological polar surface area (TPSA) is 85.1 Å². The Bertz CT molecular complexity index is 1240. The molecule has 0 spiro atoms. The quantitative estimate of drug-likeness (QED) is 0.349. The van der Waals surface area contributed by atoms with Crippen LogP contribution in [0.1, 0.15) is 10.4 Å². The number of carbonyl (C=O) groups excluding carboxylic acids is 1. The van der Waals surface area contributed by atoms with Crippen LogP contribution in [0.25, 0.3) is 22.2 Å². The summed E-state index contributed by atoms with van der Waals surface area (Å²) in [5.41, 5.74) is 2.57. The lowest BCUT2D eigenvalue weighted by Crippen LogP contribution is -2.13. The van der Waals surface area contributed by atoms with Gasteiger partial charge >= 0.3 is 0 Å². The molecule has 4 rings (SSSR count). The Hall–Kier alpha value is -3.77. The molecular formula is C22H14ClN3O3. The summed E-state index contributed by atoms with van der Waals surface area (Å²) in [6.07, 6.45) is 0. The lowest BCUT2D eigenvalue weighted by atomic mass is 10.0. The third kappa shape index (κ3) is 3.79. The molecule has 0 radical (unpaired) electrons. The fourth-order valence-electron chi connectivity index (χ4n) is 3.05. The Labute approximate surface area is 170 Å². The molecule has 142 valence electrons. The maximum absolute atomic E-state index is 13.1. The number of para-hydroxylation sites is 1. The fourth-order valence-corrected chi connectivity index (χ4v) is 3.27. The van der Waals surface area contributed by atoms with E-state index in [1.54, 1.807) is 30.3 Å². The Morgan fingerprint density at radius 2 is 1.72 bits per heavy atom. The first-order chi connectivity index (χ1) is 14.0. The van der Waals surface area contributed by atoms with Gasteiger partial charge in [-0.05, 0) is 18.2 Å². The number of hydrogen-bond donors (Lipinski definition) is 1. The number of benzene rings is 3. The zero-order chi connectivity index (χ0) is 20.4. The number of nitro groups is 1. The number of anilines is 1. The van der Waals surface area contributed by atoms with Crippen LogP contribution in [0.5, 0.6) is 0 Å². The van der Waals surface area contributed by atoms with Crippen LogP contribution in [0.4, 0.5) is 11.4 Å². The van der Waals surface area contributed by atoms with Gasteiger partial charge in [-0.1, -0.05) is 60.1 Å². The molecule has 3 aromatic carbocycles. The van der Waals surface area contributed by atoms with Crippen LogP contribution in [0.2, 0.25) is 5.02 Å². The highest BCUT2D eigenvalue weighted by molar-refractivity contribution is 6.35.